The first kappa shape index (κ1) is 22.7. The summed E-state index contributed by atoms with van der Waals surface area (Å²) in [5.74, 6) is -0.0459. The third-order valence-corrected chi connectivity index (χ3v) is 6.85. The maximum atomic E-state index is 11.4. The van der Waals surface area contributed by atoms with E-state index in [9.17, 15) is 8.42 Å². The Balaban J connectivity index is 0. The summed E-state index contributed by atoms with van der Waals surface area (Å²) >= 11 is 0. The van der Waals surface area contributed by atoms with E-state index in [1.807, 2.05) is 20.8 Å². The fourth-order valence-corrected chi connectivity index (χ4v) is 5.64. The molecule has 0 unspecified atom stereocenters. The lowest BCUT2D eigenvalue weighted by atomic mass is 10.9. The molecule has 1 N–H and O–H groups in total. The Labute approximate surface area is 127 Å². The van der Waals surface area contributed by atoms with Gasteiger partial charge in [0.1, 0.15) is 0 Å². The number of sulfonamides is 1. The Kier molecular flexibility index (Phi) is 14.9. The van der Waals surface area contributed by atoms with Crippen LogP contribution in [0.25, 0.3) is 0 Å². The second-order valence-electron chi connectivity index (χ2n) is 3.76. The molecule has 0 atom stereocenters. The lowest BCUT2D eigenvalue weighted by Gasteiger charge is -2.28. The fraction of sp³-hybridized carbons (Fsp3) is 1.00. The summed E-state index contributed by atoms with van der Waals surface area (Å²) in [6.07, 6.45) is 0. The van der Waals surface area contributed by atoms with Crippen LogP contribution in [-0.4, -0.2) is 63.2 Å². The molecule has 0 aromatic carbocycles. The summed E-state index contributed by atoms with van der Waals surface area (Å²) in [6, 6.07) is 0.270. The van der Waals surface area contributed by atoms with E-state index in [2.05, 4.69) is 18.1 Å². The van der Waals surface area contributed by atoms with Gasteiger partial charge in [-0.05, 0) is 41.1 Å². The molecule has 0 saturated heterocycles. The molecule has 0 aromatic rings. The van der Waals surface area contributed by atoms with E-state index in [1.165, 1.54) is 7.05 Å². The van der Waals surface area contributed by atoms with Crippen LogP contribution in [0.1, 0.15) is 20.8 Å². The first-order valence-corrected chi connectivity index (χ1v) is 12.4. The molecule has 0 aliphatic rings. The van der Waals surface area contributed by atoms with Gasteiger partial charge in [0.05, 0.1) is 5.75 Å². The molecule has 9 heteroatoms. The van der Waals surface area contributed by atoms with Crippen molar-refractivity contribution in [1.82, 2.24) is 4.72 Å². The van der Waals surface area contributed by atoms with Crippen LogP contribution in [0.5, 0.6) is 0 Å². The highest BCUT2D eigenvalue weighted by Crippen LogP contribution is 2.16. The van der Waals surface area contributed by atoms with E-state index in [0.717, 1.165) is 8.58 Å². The van der Waals surface area contributed by atoms with E-state index in [4.69, 9.17) is 13.3 Å². The first-order chi connectivity index (χ1) is 9.36. The van der Waals surface area contributed by atoms with E-state index < -0.39 is 18.8 Å². The molecule has 124 valence electrons. The molecule has 0 rings (SSSR count). The highest BCUT2D eigenvalue weighted by Gasteiger charge is 2.41. The van der Waals surface area contributed by atoms with Crippen molar-refractivity contribution < 1.29 is 21.7 Å². The van der Waals surface area contributed by atoms with Crippen LogP contribution in [0.4, 0.5) is 0 Å². The van der Waals surface area contributed by atoms with Gasteiger partial charge < -0.3 is 13.3 Å². The van der Waals surface area contributed by atoms with Crippen LogP contribution in [-0.2, 0) is 23.3 Å². The molecule has 0 radical (unpaired) electrons. The number of nitrogens with one attached hydrogen (secondary N) is 1. The van der Waals surface area contributed by atoms with E-state index in [-0.39, 0.29) is 11.8 Å². The number of rotatable bonds is 10. The molecule has 0 fully saturated rings. The van der Waals surface area contributed by atoms with Crippen molar-refractivity contribution >= 4 is 27.4 Å². The summed E-state index contributed by atoms with van der Waals surface area (Å²) < 4.78 is 41.7. The van der Waals surface area contributed by atoms with Crippen molar-refractivity contribution in [3.05, 3.63) is 0 Å². The maximum Gasteiger partial charge on any atom is 0.502 e. The van der Waals surface area contributed by atoms with Crippen molar-refractivity contribution in [2.45, 2.75) is 26.8 Å². The van der Waals surface area contributed by atoms with Gasteiger partial charge in [-0.25, -0.2) is 13.1 Å². The van der Waals surface area contributed by atoms with Gasteiger partial charge in [-0.3, -0.25) is 0 Å². The monoisotopic (exact) mass is 347 g/mol. The number of hydrogen-bond acceptors (Lipinski definition) is 5. The summed E-state index contributed by atoms with van der Waals surface area (Å²) in [5, 5.41) is 0. The van der Waals surface area contributed by atoms with Gasteiger partial charge in [0.2, 0.25) is 10.0 Å². The van der Waals surface area contributed by atoms with Crippen molar-refractivity contribution in [1.29, 1.82) is 0 Å². The summed E-state index contributed by atoms with van der Waals surface area (Å²) in [6.45, 7) is 11.2. The molecule has 0 aromatic heterocycles. The predicted octanol–water partition coefficient (Wildman–Crippen LogP) is 1.51. The molecule has 0 aliphatic carbocycles. The van der Waals surface area contributed by atoms with Crippen molar-refractivity contribution in [3.8, 4) is 0 Å². The van der Waals surface area contributed by atoms with Crippen LogP contribution in [0.15, 0.2) is 0 Å². The fourth-order valence-electron chi connectivity index (χ4n) is 1.36. The van der Waals surface area contributed by atoms with Gasteiger partial charge in [-0.15, -0.1) is 8.58 Å². The van der Waals surface area contributed by atoms with E-state index >= 15 is 0 Å². The lowest BCUT2D eigenvalue weighted by Crippen LogP contribution is -2.47. The maximum absolute atomic E-state index is 11.4. The number of hydrogen-bond donors (Lipinski definition) is 1. The van der Waals surface area contributed by atoms with Crippen LogP contribution in [0.2, 0.25) is 6.04 Å². The third kappa shape index (κ3) is 11.1. The highest BCUT2D eigenvalue weighted by atomic mass is 32.2. The van der Waals surface area contributed by atoms with Crippen LogP contribution < -0.4 is 4.72 Å². The third-order valence-electron chi connectivity index (χ3n) is 2.08. The lowest BCUT2D eigenvalue weighted by molar-refractivity contribution is 0.0727. The molecule has 6 nitrogen and oxygen atoms in total. The van der Waals surface area contributed by atoms with Gasteiger partial charge in [0.15, 0.2) is 0 Å². The Morgan fingerprint density at radius 1 is 1.00 bits per heavy atom. The summed E-state index contributed by atoms with van der Waals surface area (Å²) in [5.41, 5.74) is 0. The van der Waals surface area contributed by atoms with Gasteiger partial charge in [-0.1, -0.05) is 0 Å². The minimum Gasteiger partial charge on any atom is -0.374 e. The Morgan fingerprint density at radius 2 is 1.35 bits per heavy atom. The highest BCUT2D eigenvalue weighted by molar-refractivity contribution is 7.89. The zero-order valence-electron chi connectivity index (χ0n) is 13.5. The normalized spacial score (nSPS) is 11.9. The van der Waals surface area contributed by atoms with Gasteiger partial charge in [0.25, 0.3) is 0 Å². The minimum atomic E-state index is -3.26. The molecular formula is C11H30NO5PSSi. The standard InChI is InChI=1S/C9H23NO5SSi.C2H7P/c1-5-13-17(14-6-2,15-7-3)9-8-16(11,12)10-4;1-3-2/h10H,5-9H2,1-4H3;3H,1-2H3. The quantitative estimate of drug-likeness (QED) is 0.479. The summed E-state index contributed by atoms with van der Waals surface area (Å²) in [7, 11) is -3.63. The smallest absolute Gasteiger partial charge is 0.374 e. The Morgan fingerprint density at radius 3 is 1.60 bits per heavy atom. The second-order valence-corrected chi connectivity index (χ2v) is 9.53. The average molecular weight is 347 g/mol. The first-order valence-electron chi connectivity index (χ1n) is 6.78. The zero-order chi connectivity index (χ0) is 16.1. The molecule has 0 spiro atoms. The molecule has 0 bridgehead atoms. The minimum absolute atomic E-state index is 0.0459. The van der Waals surface area contributed by atoms with Gasteiger partial charge >= 0.3 is 8.80 Å². The Hall–Kier alpha value is 0.437. The molecule has 0 amide bonds. The van der Waals surface area contributed by atoms with Crippen LogP contribution in [0, 0.1) is 0 Å². The van der Waals surface area contributed by atoms with Crippen molar-refractivity contribution in [2.75, 3.05) is 46.0 Å². The molecule has 0 aliphatic heterocycles. The van der Waals surface area contributed by atoms with Crippen molar-refractivity contribution in [3.63, 3.8) is 0 Å². The van der Waals surface area contributed by atoms with Gasteiger partial charge in [0, 0.05) is 25.9 Å². The molecule has 0 heterocycles. The van der Waals surface area contributed by atoms with Crippen LogP contribution in [0.3, 0.4) is 0 Å². The van der Waals surface area contributed by atoms with Crippen LogP contribution >= 0.6 is 8.58 Å². The van der Waals surface area contributed by atoms with Gasteiger partial charge in [-0.2, -0.15) is 0 Å². The van der Waals surface area contributed by atoms with E-state index in [0.29, 0.717) is 19.8 Å². The summed E-state index contributed by atoms with van der Waals surface area (Å²) in [4.78, 5) is 0. The predicted molar refractivity (Wildman–Crippen MR) is 88.4 cm³/mol. The molecular weight excluding hydrogens is 317 g/mol. The SMILES string of the molecule is CCO[Si](CCS(=O)(=O)NC)(OCC)OCC.CPC. The van der Waals surface area contributed by atoms with E-state index in [1.54, 1.807) is 0 Å². The van der Waals surface area contributed by atoms with Crippen molar-refractivity contribution in [2.24, 2.45) is 0 Å². The average Bonchev–Trinajstić information content (AvgIpc) is 2.39. The topological polar surface area (TPSA) is 73.9 Å². The second kappa shape index (κ2) is 13.1. The Bertz CT molecular complexity index is 299. The molecule has 0 saturated carbocycles. The molecule has 20 heavy (non-hydrogen) atoms. The largest absolute Gasteiger partial charge is 0.502 e. The zero-order valence-corrected chi connectivity index (χ0v) is 16.3.